The largest absolute Gasteiger partial charge is 0.463 e. The predicted octanol–water partition coefficient (Wildman–Crippen LogP) is 3.58. The van der Waals surface area contributed by atoms with E-state index >= 15 is 0 Å². The highest BCUT2D eigenvalue weighted by molar-refractivity contribution is 5.90. The van der Waals surface area contributed by atoms with Crippen molar-refractivity contribution in [2.24, 2.45) is 0 Å². The maximum Gasteiger partial charge on any atom is 0.221 e. The second kappa shape index (κ2) is 6.12. The van der Waals surface area contributed by atoms with Gasteiger partial charge in [-0.25, -0.2) is 15.0 Å². The van der Waals surface area contributed by atoms with E-state index < -0.39 is 5.95 Å². The highest BCUT2D eigenvalue weighted by Crippen LogP contribution is 2.38. The van der Waals surface area contributed by atoms with Gasteiger partial charge in [0.25, 0.3) is 0 Å². The van der Waals surface area contributed by atoms with Gasteiger partial charge in [0.2, 0.25) is 11.9 Å². The maximum atomic E-state index is 13.7. The van der Waals surface area contributed by atoms with Crippen molar-refractivity contribution in [1.29, 1.82) is 0 Å². The molecule has 0 atom stereocenters. The van der Waals surface area contributed by atoms with Crippen LogP contribution in [0.25, 0.3) is 33.8 Å². The summed E-state index contributed by atoms with van der Waals surface area (Å²) in [7, 11) is 0. The van der Waals surface area contributed by atoms with Crippen LogP contribution in [0.3, 0.4) is 0 Å². The lowest BCUT2D eigenvalue weighted by atomic mass is 9.98. The topological polar surface area (TPSA) is 90.7 Å². The van der Waals surface area contributed by atoms with E-state index in [0.717, 1.165) is 5.56 Å². The van der Waals surface area contributed by atoms with Gasteiger partial charge in [0.15, 0.2) is 5.76 Å². The summed E-state index contributed by atoms with van der Waals surface area (Å²) in [6.07, 6.45) is 6.25. The summed E-state index contributed by atoms with van der Waals surface area (Å²) in [5, 5.41) is 0. The fraction of sp³-hybridized carbons (Fsp3) is 0. The first-order valence-corrected chi connectivity index (χ1v) is 7.46. The first-order chi connectivity index (χ1) is 12.2. The molecule has 4 aromatic rings. The second-order valence-corrected chi connectivity index (χ2v) is 5.24. The number of nitrogen functional groups attached to an aromatic ring is 1. The Hall–Kier alpha value is -3.61. The van der Waals surface area contributed by atoms with Crippen molar-refractivity contribution < 1.29 is 8.81 Å². The molecule has 0 aromatic carbocycles. The zero-order valence-corrected chi connectivity index (χ0v) is 12.9. The van der Waals surface area contributed by atoms with Crippen LogP contribution in [-0.4, -0.2) is 19.9 Å². The lowest BCUT2D eigenvalue weighted by Crippen LogP contribution is -2.03. The van der Waals surface area contributed by atoms with Gasteiger partial charge in [-0.15, -0.1) is 0 Å². The van der Waals surface area contributed by atoms with Gasteiger partial charge in [-0.2, -0.15) is 4.39 Å². The molecule has 4 rings (SSSR count). The number of nitrogens with two attached hydrogens (primary N) is 1. The van der Waals surface area contributed by atoms with Crippen LogP contribution < -0.4 is 5.73 Å². The predicted molar refractivity (Wildman–Crippen MR) is 90.6 cm³/mol. The van der Waals surface area contributed by atoms with Gasteiger partial charge in [0.05, 0.1) is 12.0 Å². The minimum Gasteiger partial charge on any atom is -0.463 e. The average molecular weight is 333 g/mol. The SMILES string of the molecule is Nc1nc(-c2cccnc2)c(-c2ccnc(F)c2)c(-c2ccco2)n1. The second-order valence-electron chi connectivity index (χ2n) is 5.24. The Morgan fingerprint density at radius 2 is 1.84 bits per heavy atom. The van der Waals surface area contributed by atoms with Gasteiger partial charge in [0.1, 0.15) is 5.69 Å². The summed E-state index contributed by atoms with van der Waals surface area (Å²) in [6.45, 7) is 0. The zero-order valence-electron chi connectivity index (χ0n) is 12.9. The minimum absolute atomic E-state index is 0.0866. The van der Waals surface area contributed by atoms with Crippen molar-refractivity contribution in [3.8, 4) is 33.8 Å². The number of nitrogens with zero attached hydrogens (tertiary/aromatic N) is 4. The maximum absolute atomic E-state index is 13.7. The number of hydrogen-bond donors (Lipinski definition) is 1. The Balaban J connectivity index is 2.07. The molecule has 0 aliphatic rings. The summed E-state index contributed by atoms with van der Waals surface area (Å²) < 4.78 is 19.2. The van der Waals surface area contributed by atoms with Crippen LogP contribution >= 0.6 is 0 Å². The Kier molecular flexibility index (Phi) is 3.66. The molecule has 0 radical (unpaired) electrons. The highest BCUT2D eigenvalue weighted by Gasteiger charge is 2.20. The van der Waals surface area contributed by atoms with Crippen molar-refractivity contribution in [2.45, 2.75) is 0 Å². The molecular formula is C18H12FN5O. The van der Waals surface area contributed by atoms with Crippen LogP contribution in [0, 0.1) is 5.95 Å². The van der Waals surface area contributed by atoms with E-state index in [2.05, 4.69) is 19.9 Å². The van der Waals surface area contributed by atoms with E-state index in [0.29, 0.717) is 28.3 Å². The molecular weight excluding hydrogens is 321 g/mol. The normalized spacial score (nSPS) is 10.8. The van der Waals surface area contributed by atoms with Crippen LogP contribution in [0.15, 0.2) is 65.7 Å². The lowest BCUT2D eigenvalue weighted by Gasteiger charge is -2.13. The lowest BCUT2D eigenvalue weighted by molar-refractivity contribution is 0.579. The standard InChI is InChI=1S/C18H12FN5O/c19-14-9-11(5-7-22-14)15-16(12-3-1-6-21-10-12)23-18(20)24-17(15)13-4-2-8-25-13/h1-10H,(H2,20,23,24). The molecule has 0 unspecified atom stereocenters. The molecule has 4 heterocycles. The molecule has 122 valence electrons. The Morgan fingerprint density at radius 1 is 0.960 bits per heavy atom. The van der Waals surface area contributed by atoms with Crippen LogP contribution in [0.5, 0.6) is 0 Å². The third-order valence-corrected chi connectivity index (χ3v) is 3.63. The quantitative estimate of drug-likeness (QED) is 0.576. The Bertz CT molecular complexity index is 1020. The first-order valence-electron chi connectivity index (χ1n) is 7.46. The number of halogens is 1. The summed E-state index contributed by atoms with van der Waals surface area (Å²) in [4.78, 5) is 16.4. The fourth-order valence-corrected chi connectivity index (χ4v) is 2.61. The van der Waals surface area contributed by atoms with Gasteiger partial charge >= 0.3 is 0 Å². The minimum atomic E-state index is -0.600. The molecule has 0 aliphatic heterocycles. The van der Waals surface area contributed by atoms with Crippen molar-refractivity contribution in [3.63, 3.8) is 0 Å². The first kappa shape index (κ1) is 14.9. The summed E-state index contributed by atoms with van der Waals surface area (Å²) in [5.74, 6) is -0.00755. The molecule has 2 N–H and O–H groups in total. The van der Waals surface area contributed by atoms with E-state index in [1.165, 1.54) is 18.5 Å². The molecule has 25 heavy (non-hydrogen) atoms. The number of furan rings is 1. The molecule has 4 aromatic heterocycles. The van der Waals surface area contributed by atoms with E-state index in [4.69, 9.17) is 10.2 Å². The molecule has 0 bridgehead atoms. The van der Waals surface area contributed by atoms with Crippen molar-refractivity contribution in [1.82, 2.24) is 19.9 Å². The molecule has 0 saturated carbocycles. The van der Waals surface area contributed by atoms with Crippen LogP contribution in [0.1, 0.15) is 0 Å². The van der Waals surface area contributed by atoms with E-state index in [9.17, 15) is 4.39 Å². The van der Waals surface area contributed by atoms with Crippen LogP contribution in [0.4, 0.5) is 10.3 Å². The Labute approximate surface area is 142 Å². The molecule has 0 amide bonds. The van der Waals surface area contributed by atoms with Gasteiger partial charge in [-0.05, 0) is 35.9 Å². The molecule has 0 fully saturated rings. The number of aromatic nitrogens is 4. The number of hydrogen-bond acceptors (Lipinski definition) is 6. The van der Waals surface area contributed by atoms with E-state index in [1.807, 2.05) is 6.07 Å². The number of anilines is 1. The highest BCUT2D eigenvalue weighted by atomic mass is 19.1. The molecule has 0 saturated heterocycles. The summed E-state index contributed by atoms with van der Waals surface area (Å²) in [6, 6.07) is 10.1. The third-order valence-electron chi connectivity index (χ3n) is 3.63. The zero-order chi connectivity index (χ0) is 17.2. The fourth-order valence-electron chi connectivity index (χ4n) is 2.61. The van der Waals surface area contributed by atoms with Crippen LogP contribution in [0.2, 0.25) is 0 Å². The third kappa shape index (κ3) is 2.83. The number of rotatable bonds is 3. The monoisotopic (exact) mass is 333 g/mol. The van der Waals surface area contributed by atoms with Crippen LogP contribution in [-0.2, 0) is 0 Å². The average Bonchev–Trinajstić information content (AvgIpc) is 3.16. The molecule has 0 aliphatic carbocycles. The van der Waals surface area contributed by atoms with Gasteiger partial charge in [-0.1, -0.05) is 0 Å². The van der Waals surface area contributed by atoms with E-state index in [-0.39, 0.29) is 5.95 Å². The summed E-state index contributed by atoms with van der Waals surface area (Å²) in [5.41, 5.74) is 8.82. The summed E-state index contributed by atoms with van der Waals surface area (Å²) >= 11 is 0. The van der Waals surface area contributed by atoms with Crippen molar-refractivity contribution >= 4 is 5.95 Å². The smallest absolute Gasteiger partial charge is 0.221 e. The van der Waals surface area contributed by atoms with Gasteiger partial charge < -0.3 is 10.2 Å². The van der Waals surface area contributed by atoms with Crippen molar-refractivity contribution in [3.05, 3.63) is 67.2 Å². The van der Waals surface area contributed by atoms with Gasteiger partial charge in [0, 0.05) is 35.8 Å². The number of pyridine rings is 2. The Morgan fingerprint density at radius 3 is 2.56 bits per heavy atom. The van der Waals surface area contributed by atoms with Gasteiger partial charge in [-0.3, -0.25) is 4.98 Å². The molecule has 7 heteroatoms. The molecule has 6 nitrogen and oxygen atoms in total. The molecule has 0 spiro atoms. The van der Waals surface area contributed by atoms with E-state index in [1.54, 1.807) is 36.7 Å². The van der Waals surface area contributed by atoms with Crippen molar-refractivity contribution in [2.75, 3.05) is 5.73 Å².